The molecule has 120 valence electrons. The molecule has 1 aromatic rings. The molecule has 2 aliphatic rings. The van der Waals surface area contributed by atoms with Crippen LogP contribution in [-0.2, 0) is 0 Å². The summed E-state index contributed by atoms with van der Waals surface area (Å²) in [6.45, 7) is 4.08. The predicted molar refractivity (Wildman–Crippen MR) is 82.9 cm³/mol. The van der Waals surface area contributed by atoms with Gasteiger partial charge in [-0.3, -0.25) is 4.79 Å². The Kier molecular flexibility index (Phi) is 4.87. The summed E-state index contributed by atoms with van der Waals surface area (Å²) in [5.74, 6) is 0.415. The second-order valence-corrected chi connectivity index (χ2v) is 6.08. The van der Waals surface area contributed by atoms with E-state index >= 15 is 0 Å². The second kappa shape index (κ2) is 7.05. The summed E-state index contributed by atoms with van der Waals surface area (Å²) in [5.41, 5.74) is 0.403. The molecule has 3 rings (SSSR count). The molecule has 6 heteroatoms. The minimum absolute atomic E-state index is 0.0165. The zero-order chi connectivity index (χ0) is 15.4. The molecule has 2 aliphatic heterocycles. The van der Waals surface area contributed by atoms with E-state index in [1.165, 1.54) is 32.4 Å². The van der Waals surface area contributed by atoms with Crippen LogP contribution in [0.2, 0.25) is 0 Å². The van der Waals surface area contributed by atoms with E-state index in [0.717, 1.165) is 25.9 Å². The molecule has 1 unspecified atom stereocenters. The number of likely N-dealkylation sites (tertiary alicyclic amines) is 2. The van der Waals surface area contributed by atoms with E-state index in [1.807, 2.05) is 4.90 Å². The molecule has 2 saturated heterocycles. The van der Waals surface area contributed by atoms with Crippen molar-refractivity contribution in [1.82, 2.24) is 20.0 Å². The number of aromatic nitrogens is 2. The van der Waals surface area contributed by atoms with Crippen LogP contribution in [0.1, 0.15) is 42.6 Å². The molecule has 2 fully saturated rings. The lowest BCUT2D eigenvalue weighted by Crippen LogP contribution is -2.35. The lowest BCUT2D eigenvalue weighted by Gasteiger charge is -2.26. The first-order chi connectivity index (χ1) is 10.8. The first-order valence-corrected chi connectivity index (χ1v) is 8.19. The number of carbonyl (C=O) groups is 1. The highest BCUT2D eigenvalue weighted by Gasteiger charge is 2.27. The molecule has 0 aliphatic carbocycles. The van der Waals surface area contributed by atoms with Gasteiger partial charge in [0.1, 0.15) is 0 Å². The summed E-state index contributed by atoms with van der Waals surface area (Å²) in [7, 11) is 1.54. The largest absolute Gasteiger partial charge is 0.480 e. The Bertz CT molecular complexity index is 499. The topological polar surface area (TPSA) is 58.6 Å². The van der Waals surface area contributed by atoms with Crippen molar-refractivity contribution in [2.45, 2.75) is 38.1 Å². The van der Waals surface area contributed by atoms with E-state index in [1.54, 1.807) is 19.2 Å². The van der Waals surface area contributed by atoms with Crippen LogP contribution in [0.25, 0.3) is 0 Å². The van der Waals surface area contributed by atoms with Gasteiger partial charge in [-0.15, -0.1) is 10.2 Å². The Balaban J connectivity index is 1.60. The summed E-state index contributed by atoms with van der Waals surface area (Å²) in [6, 6.07) is 4.02. The van der Waals surface area contributed by atoms with Crippen molar-refractivity contribution < 1.29 is 9.53 Å². The van der Waals surface area contributed by atoms with Crippen molar-refractivity contribution in [1.29, 1.82) is 0 Å². The van der Waals surface area contributed by atoms with Crippen LogP contribution in [0.3, 0.4) is 0 Å². The van der Waals surface area contributed by atoms with E-state index in [0.29, 0.717) is 17.6 Å². The van der Waals surface area contributed by atoms with E-state index < -0.39 is 0 Å². The number of amides is 1. The van der Waals surface area contributed by atoms with Gasteiger partial charge in [0, 0.05) is 25.2 Å². The Hall–Kier alpha value is -1.69. The van der Waals surface area contributed by atoms with Crippen molar-refractivity contribution in [3.8, 4) is 5.88 Å². The quantitative estimate of drug-likeness (QED) is 0.848. The zero-order valence-corrected chi connectivity index (χ0v) is 13.2. The lowest BCUT2D eigenvalue weighted by atomic mass is 10.1. The van der Waals surface area contributed by atoms with E-state index in [9.17, 15) is 4.79 Å². The van der Waals surface area contributed by atoms with E-state index in [-0.39, 0.29) is 5.91 Å². The van der Waals surface area contributed by atoms with Crippen LogP contribution in [-0.4, -0.2) is 65.2 Å². The Morgan fingerprint density at radius 1 is 1.09 bits per heavy atom. The normalized spacial score (nSPS) is 23.3. The zero-order valence-electron chi connectivity index (χ0n) is 13.2. The molecule has 1 aromatic heterocycles. The van der Waals surface area contributed by atoms with Gasteiger partial charge in [-0.2, -0.15) is 0 Å². The van der Waals surface area contributed by atoms with Gasteiger partial charge in [0.15, 0.2) is 5.69 Å². The van der Waals surface area contributed by atoms with Crippen molar-refractivity contribution >= 4 is 5.91 Å². The maximum absolute atomic E-state index is 12.5. The van der Waals surface area contributed by atoms with Crippen LogP contribution in [0.15, 0.2) is 12.1 Å². The Labute approximate surface area is 131 Å². The van der Waals surface area contributed by atoms with E-state index in [2.05, 4.69) is 15.1 Å². The van der Waals surface area contributed by atoms with Gasteiger partial charge in [0.05, 0.1) is 7.11 Å². The number of hydrogen-bond acceptors (Lipinski definition) is 5. The maximum atomic E-state index is 12.5. The van der Waals surface area contributed by atoms with Gasteiger partial charge >= 0.3 is 0 Å². The van der Waals surface area contributed by atoms with Gasteiger partial charge in [-0.1, -0.05) is 0 Å². The molecule has 0 N–H and O–H groups in total. The maximum Gasteiger partial charge on any atom is 0.274 e. The fourth-order valence-electron chi connectivity index (χ4n) is 3.46. The predicted octanol–water partition coefficient (Wildman–Crippen LogP) is 1.58. The number of rotatable bonds is 3. The standard InChI is InChI=1S/C16H24N4O2/c1-22-15-7-6-14(17-18-15)16(21)20-11-4-5-13(8-12-20)19-9-2-3-10-19/h6-7,13H,2-5,8-12H2,1H3. The summed E-state index contributed by atoms with van der Waals surface area (Å²) in [4.78, 5) is 17.1. The van der Waals surface area contributed by atoms with Crippen molar-refractivity contribution in [2.75, 3.05) is 33.3 Å². The molecule has 1 atom stereocenters. The van der Waals surface area contributed by atoms with Crippen molar-refractivity contribution in [3.05, 3.63) is 17.8 Å². The van der Waals surface area contributed by atoms with Crippen LogP contribution < -0.4 is 4.74 Å². The summed E-state index contributed by atoms with van der Waals surface area (Å²) in [6.07, 6.45) is 5.96. The SMILES string of the molecule is COc1ccc(C(=O)N2CCCC(N3CCCC3)CC2)nn1. The van der Waals surface area contributed by atoms with Crippen LogP contribution in [0.5, 0.6) is 5.88 Å². The van der Waals surface area contributed by atoms with Gasteiger partial charge in [0.2, 0.25) is 5.88 Å². The molecule has 0 bridgehead atoms. The Morgan fingerprint density at radius 3 is 2.59 bits per heavy atom. The van der Waals surface area contributed by atoms with Gasteiger partial charge in [-0.25, -0.2) is 0 Å². The average molecular weight is 304 g/mol. The van der Waals surface area contributed by atoms with Crippen molar-refractivity contribution in [3.63, 3.8) is 0 Å². The second-order valence-electron chi connectivity index (χ2n) is 6.08. The number of carbonyl (C=O) groups excluding carboxylic acids is 1. The van der Waals surface area contributed by atoms with Gasteiger partial charge in [0.25, 0.3) is 5.91 Å². The first kappa shape index (κ1) is 15.2. The minimum atomic E-state index is -0.0165. The smallest absolute Gasteiger partial charge is 0.274 e. The van der Waals surface area contributed by atoms with Gasteiger partial charge < -0.3 is 14.5 Å². The third-order valence-corrected chi connectivity index (χ3v) is 4.71. The number of hydrogen-bond donors (Lipinski definition) is 0. The lowest BCUT2D eigenvalue weighted by molar-refractivity contribution is 0.0750. The monoisotopic (exact) mass is 304 g/mol. The van der Waals surface area contributed by atoms with Crippen LogP contribution >= 0.6 is 0 Å². The molecule has 0 radical (unpaired) electrons. The molecule has 6 nitrogen and oxygen atoms in total. The van der Waals surface area contributed by atoms with Crippen LogP contribution in [0, 0.1) is 0 Å². The third kappa shape index (κ3) is 3.38. The van der Waals surface area contributed by atoms with Gasteiger partial charge in [-0.05, 0) is 51.3 Å². The Morgan fingerprint density at radius 2 is 1.91 bits per heavy atom. The molecule has 0 spiro atoms. The van der Waals surface area contributed by atoms with Crippen LogP contribution in [0.4, 0.5) is 0 Å². The fraction of sp³-hybridized carbons (Fsp3) is 0.688. The fourth-order valence-corrected chi connectivity index (χ4v) is 3.46. The highest BCUT2D eigenvalue weighted by Crippen LogP contribution is 2.22. The summed E-state index contributed by atoms with van der Waals surface area (Å²) >= 11 is 0. The molecule has 0 aromatic carbocycles. The molecular formula is C16H24N4O2. The van der Waals surface area contributed by atoms with Crippen molar-refractivity contribution in [2.24, 2.45) is 0 Å². The highest BCUT2D eigenvalue weighted by molar-refractivity contribution is 5.92. The highest BCUT2D eigenvalue weighted by atomic mass is 16.5. The molecular weight excluding hydrogens is 280 g/mol. The number of nitrogens with zero attached hydrogens (tertiary/aromatic N) is 4. The number of ether oxygens (including phenoxy) is 1. The third-order valence-electron chi connectivity index (χ3n) is 4.71. The summed E-state index contributed by atoms with van der Waals surface area (Å²) in [5, 5.41) is 7.86. The van der Waals surface area contributed by atoms with E-state index in [4.69, 9.17) is 4.74 Å². The number of methoxy groups -OCH3 is 1. The average Bonchev–Trinajstić information content (AvgIpc) is 2.99. The minimum Gasteiger partial charge on any atom is -0.480 e. The first-order valence-electron chi connectivity index (χ1n) is 8.19. The molecule has 3 heterocycles. The summed E-state index contributed by atoms with van der Waals surface area (Å²) < 4.78 is 4.98. The molecule has 22 heavy (non-hydrogen) atoms. The molecule has 1 amide bonds. The molecule has 0 saturated carbocycles.